The summed E-state index contributed by atoms with van der Waals surface area (Å²) in [5, 5.41) is 4.70. The first kappa shape index (κ1) is 13.9. The maximum atomic E-state index is 4.53. The predicted octanol–water partition coefficient (Wildman–Crippen LogP) is 4.20. The Morgan fingerprint density at radius 3 is 3.00 bits per heavy atom. The van der Waals surface area contributed by atoms with E-state index in [1.807, 2.05) is 29.3 Å². The summed E-state index contributed by atoms with van der Waals surface area (Å²) in [7, 11) is 2.01. The number of fused-ring (bicyclic) bond motifs is 4. The number of hydrogen-bond donors (Lipinski definition) is 1. The lowest BCUT2D eigenvalue weighted by Crippen LogP contribution is -2.01. The van der Waals surface area contributed by atoms with Gasteiger partial charge in [-0.1, -0.05) is 0 Å². The maximum Gasteiger partial charge on any atom is 0.142 e. The van der Waals surface area contributed by atoms with Crippen LogP contribution in [-0.4, -0.2) is 19.5 Å². The minimum Gasteiger partial charge on any atom is -0.340 e. The molecule has 120 valence electrons. The Morgan fingerprint density at radius 2 is 2.04 bits per heavy atom. The quantitative estimate of drug-likeness (QED) is 0.596. The van der Waals surface area contributed by atoms with Crippen molar-refractivity contribution in [3.63, 3.8) is 0 Å². The van der Waals surface area contributed by atoms with E-state index < -0.39 is 0 Å². The normalized spacial score (nSPS) is 14.2. The highest BCUT2D eigenvalue weighted by atomic mass is 32.1. The van der Waals surface area contributed by atoms with Crippen molar-refractivity contribution in [2.24, 2.45) is 7.05 Å². The number of rotatable bonds is 2. The van der Waals surface area contributed by atoms with E-state index in [1.165, 1.54) is 35.1 Å². The third-order valence-electron chi connectivity index (χ3n) is 4.74. The second kappa shape index (κ2) is 5.27. The van der Waals surface area contributed by atoms with Crippen molar-refractivity contribution in [2.45, 2.75) is 25.7 Å². The number of hydrogen-bond acceptors (Lipinski definition) is 5. The third kappa shape index (κ3) is 2.10. The van der Waals surface area contributed by atoms with Crippen molar-refractivity contribution < 1.29 is 0 Å². The van der Waals surface area contributed by atoms with Gasteiger partial charge in [-0.25, -0.2) is 15.0 Å². The van der Waals surface area contributed by atoms with Crippen LogP contribution in [0.1, 0.15) is 23.3 Å². The largest absolute Gasteiger partial charge is 0.340 e. The zero-order valence-electron chi connectivity index (χ0n) is 13.4. The summed E-state index contributed by atoms with van der Waals surface area (Å²) in [6.45, 7) is 0. The van der Waals surface area contributed by atoms with E-state index >= 15 is 0 Å². The van der Waals surface area contributed by atoms with E-state index in [9.17, 15) is 0 Å². The molecule has 1 aliphatic carbocycles. The first-order valence-corrected chi connectivity index (χ1v) is 9.04. The van der Waals surface area contributed by atoms with Crippen LogP contribution in [0.3, 0.4) is 0 Å². The van der Waals surface area contributed by atoms with Crippen molar-refractivity contribution in [1.29, 1.82) is 0 Å². The maximum absolute atomic E-state index is 4.53. The first-order chi connectivity index (χ1) is 11.8. The molecule has 6 heteroatoms. The number of aromatic nitrogens is 4. The highest BCUT2D eigenvalue weighted by Gasteiger charge is 2.19. The van der Waals surface area contributed by atoms with Crippen LogP contribution in [0.4, 0.5) is 11.5 Å². The van der Waals surface area contributed by atoms with Crippen molar-refractivity contribution in [1.82, 2.24) is 19.5 Å². The van der Waals surface area contributed by atoms with E-state index in [4.69, 9.17) is 0 Å². The van der Waals surface area contributed by atoms with Gasteiger partial charge in [0.25, 0.3) is 0 Å². The third-order valence-corrected chi connectivity index (χ3v) is 5.94. The average Bonchev–Trinajstić information content (AvgIpc) is 3.16. The topological polar surface area (TPSA) is 55.6 Å². The van der Waals surface area contributed by atoms with E-state index in [1.54, 1.807) is 6.33 Å². The fourth-order valence-electron chi connectivity index (χ4n) is 3.54. The lowest BCUT2D eigenvalue weighted by atomic mass is 9.97. The van der Waals surface area contributed by atoms with E-state index in [-0.39, 0.29) is 0 Å². The molecule has 0 radical (unpaired) electrons. The van der Waals surface area contributed by atoms with Gasteiger partial charge in [0.15, 0.2) is 0 Å². The van der Waals surface area contributed by atoms with Gasteiger partial charge in [0, 0.05) is 17.6 Å². The van der Waals surface area contributed by atoms with Gasteiger partial charge in [-0.3, -0.25) is 0 Å². The number of imidazole rings is 1. The molecule has 0 atom stereocenters. The molecule has 1 aromatic carbocycles. The Kier molecular flexibility index (Phi) is 3.06. The lowest BCUT2D eigenvalue weighted by Gasteiger charge is -2.12. The molecule has 0 saturated heterocycles. The minimum absolute atomic E-state index is 0.912. The van der Waals surface area contributed by atoms with Gasteiger partial charge in [0.1, 0.15) is 17.0 Å². The molecule has 5 nitrogen and oxygen atoms in total. The Bertz CT molecular complexity index is 1060. The Balaban J connectivity index is 1.61. The predicted molar refractivity (Wildman–Crippen MR) is 98.1 cm³/mol. The van der Waals surface area contributed by atoms with Crippen LogP contribution in [0.15, 0.2) is 30.9 Å². The van der Waals surface area contributed by atoms with Crippen molar-refractivity contribution >= 4 is 44.1 Å². The van der Waals surface area contributed by atoms with E-state index in [0.29, 0.717) is 0 Å². The summed E-state index contributed by atoms with van der Waals surface area (Å²) in [6, 6.07) is 6.24. The van der Waals surface area contributed by atoms with Crippen LogP contribution >= 0.6 is 11.3 Å². The summed E-state index contributed by atoms with van der Waals surface area (Å²) in [6.07, 6.45) is 8.35. The Morgan fingerprint density at radius 1 is 1.12 bits per heavy atom. The number of nitrogens with zero attached hydrogens (tertiary/aromatic N) is 4. The molecule has 5 rings (SSSR count). The minimum atomic E-state index is 0.912. The monoisotopic (exact) mass is 335 g/mol. The number of anilines is 2. The molecular weight excluding hydrogens is 318 g/mol. The molecule has 1 N–H and O–H groups in total. The summed E-state index contributed by atoms with van der Waals surface area (Å²) >= 11 is 1.82. The Hall–Kier alpha value is -2.47. The second-order valence-electron chi connectivity index (χ2n) is 6.30. The molecule has 1 aliphatic rings. The van der Waals surface area contributed by atoms with Crippen LogP contribution in [0.25, 0.3) is 21.3 Å². The van der Waals surface area contributed by atoms with Crippen molar-refractivity contribution in [3.8, 4) is 0 Å². The van der Waals surface area contributed by atoms with Crippen LogP contribution in [-0.2, 0) is 19.9 Å². The van der Waals surface area contributed by atoms with Gasteiger partial charge in [-0.15, -0.1) is 11.3 Å². The highest BCUT2D eigenvalue weighted by Crippen LogP contribution is 2.38. The van der Waals surface area contributed by atoms with Crippen LogP contribution < -0.4 is 5.32 Å². The molecule has 0 spiro atoms. The molecule has 0 bridgehead atoms. The number of nitrogens with one attached hydrogen (secondary N) is 1. The number of aryl methyl sites for hydroxylation is 3. The van der Waals surface area contributed by atoms with Gasteiger partial charge in [0.05, 0.1) is 22.7 Å². The van der Waals surface area contributed by atoms with Crippen molar-refractivity contribution in [2.75, 3.05) is 5.32 Å². The summed E-state index contributed by atoms with van der Waals surface area (Å²) < 4.78 is 2.03. The van der Waals surface area contributed by atoms with Crippen LogP contribution in [0, 0.1) is 0 Å². The molecule has 0 unspecified atom stereocenters. The molecule has 0 fully saturated rings. The molecule has 3 aromatic heterocycles. The van der Waals surface area contributed by atoms with Gasteiger partial charge in [0.2, 0.25) is 0 Å². The fraction of sp³-hybridized carbons (Fsp3) is 0.278. The standard InChI is InChI=1S/C18H17N5S/c1-23-10-21-13-8-11(6-7-14(13)23)22-17-16-12-4-2-3-5-15(12)24-18(16)20-9-19-17/h6-10H,2-5H2,1H3,(H,19,20,22). The van der Waals surface area contributed by atoms with Gasteiger partial charge in [-0.05, 0) is 49.4 Å². The number of thiophene rings is 1. The molecule has 0 saturated carbocycles. The van der Waals surface area contributed by atoms with E-state index in [2.05, 4.69) is 38.5 Å². The van der Waals surface area contributed by atoms with Crippen molar-refractivity contribution in [3.05, 3.63) is 41.3 Å². The lowest BCUT2D eigenvalue weighted by molar-refractivity contribution is 0.700. The zero-order chi connectivity index (χ0) is 16.1. The highest BCUT2D eigenvalue weighted by molar-refractivity contribution is 7.19. The van der Waals surface area contributed by atoms with Gasteiger partial charge < -0.3 is 9.88 Å². The Labute approximate surface area is 143 Å². The molecule has 0 aliphatic heterocycles. The van der Waals surface area contributed by atoms with Crippen LogP contribution in [0.5, 0.6) is 0 Å². The number of benzene rings is 1. The molecule has 24 heavy (non-hydrogen) atoms. The molecule has 3 heterocycles. The average molecular weight is 335 g/mol. The smallest absolute Gasteiger partial charge is 0.142 e. The fourth-order valence-corrected chi connectivity index (χ4v) is 4.76. The van der Waals surface area contributed by atoms with Gasteiger partial charge >= 0.3 is 0 Å². The first-order valence-electron chi connectivity index (χ1n) is 8.23. The van der Waals surface area contributed by atoms with Crippen LogP contribution in [0.2, 0.25) is 0 Å². The SMILES string of the molecule is Cn1cnc2cc(Nc3ncnc4sc5c(c34)CCCC5)ccc21. The second-order valence-corrected chi connectivity index (χ2v) is 7.38. The molecule has 4 aromatic rings. The summed E-state index contributed by atoms with van der Waals surface area (Å²) in [4.78, 5) is 16.0. The molecule has 0 amide bonds. The van der Waals surface area contributed by atoms with Gasteiger partial charge in [-0.2, -0.15) is 0 Å². The summed E-state index contributed by atoms with van der Waals surface area (Å²) in [5.41, 5.74) is 4.57. The zero-order valence-corrected chi connectivity index (χ0v) is 14.2. The summed E-state index contributed by atoms with van der Waals surface area (Å²) in [5.74, 6) is 0.912. The molecular formula is C18H17N5S. The van der Waals surface area contributed by atoms with E-state index in [0.717, 1.165) is 33.8 Å².